The number of ether oxygens (including phenoxy) is 2. The van der Waals surface area contributed by atoms with Crippen LogP contribution in [0.3, 0.4) is 0 Å². The van der Waals surface area contributed by atoms with Crippen LogP contribution in [0.15, 0.2) is 76.3 Å². The summed E-state index contributed by atoms with van der Waals surface area (Å²) < 4.78 is 12.9. The van der Waals surface area contributed by atoms with E-state index in [1.807, 2.05) is 19.1 Å². The van der Waals surface area contributed by atoms with Gasteiger partial charge in [0.2, 0.25) is 5.91 Å². The number of aromatic nitrogens is 2. The summed E-state index contributed by atoms with van der Waals surface area (Å²) in [6, 6.07) is 18.8. The Labute approximate surface area is 189 Å². The van der Waals surface area contributed by atoms with Gasteiger partial charge < -0.3 is 14.8 Å². The van der Waals surface area contributed by atoms with E-state index in [1.54, 1.807) is 54.6 Å². The molecule has 0 aliphatic carbocycles. The van der Waals surface area contributed by atoms with E-state index in [0.717, 1.165) is 10.1 Å². The molecule has 4 rings (SSSR count). The van der Waals surface area contributed by atoms with E-state index in [1.165, 1.54) is 18.8 Å². The number of rotatable bonds is 6. The molecule has 8 heteroatoms. The molecule has 33 heavy (non-hydrogen) atoms. The summed E-state index contributed by atoms with van der Waals surface area (Å²) in [6.45, 7) is 1.62. The highest BCUT2D eigenvalue weighted by molar-refractivity contribution is 5.93. The summed E-state index contributed by atoms with van der Waals surface area (Å²) in [5.41, 5.74) is 1.18. The third-order valence-corrected chi connectivity index (χ3v) is 5.33. The van der Waals surface area contributed by atoms with Crippen LogP contribution in [0.25, 0.3) is 16.6 Å². The maximum atomic E-state index is 13.4. The number of hydrogen-bond donors (Lipinski definition) is 1. The summed E-state index contributed by atoms with van der Waals surface area (Å²) in [5.74, 6) is 0.538. The first-order valence-corrected chi connectivity index (χ1v) is 10.3. The molecule has 0 aliphatic rings. The van der Waals surface area contributed by atoms with Gasteiger partial charge in [-0.3, -0.25) is 14.2 Å². The molecule has 0 bridgehead atoms. The smallest absolute Gasteiger partial charge is 0.336 e. The molecule has 0 fully saturated rings. The van der Waals surface area contributed by atoms with Crippen molar-refractivity contribution in [3.8, 4) is 17.2 Å². The van der Waals surface area contributed by atoms with Crippen LogP contribution in [0.4, 0.5) is 5.69 Å². The number of hydrogen-bond acceptors (Lipinski definition) is 5. The molecule has 1 N–H and O–H groups in total. The van der Waals surface area contributed by atoms with Gasteiger partial charge in [0, 0.05) is 6.07 Å². The normalized spacial score (nSPS) is 10.8. The topological polar surface area (TPSA) is 91.6 Å². The lowest BCUT2D eigenvalue weighted by molar-refractivity contribution is -0.116. The monoisotopic (exact) mass is 445 g/mol. The lowest BCUT2D eigenvalue weighted by Crippen LogP contribution is -2.40. The number of methoxy groups -OCH3 is 2. The van der Waals surface area contributed by atoms with Gasteiger partial charge in [-0.2, -0.15) is 0 Å². The van der Waals surface area contributed by atoms with Crippen molar-refractivity contribution in [3.05, 3.63) is 93.1 Å². The Morgan fingerprint density at radius 1 is 0.939 bits per heavy atom. The number of carbonyl (C=O) groups is 1. The van der Waals surface area contributed by atoms with Crippen LogP contribution >= 0.6 is 0 Å². The summed E-state index contributed by atoms with van der Waals surface area (Å²) in [6.07, 6.45) is 0. The summed E-state index contributed by atoms with van der Waals surface area (Å²) in [4.78, 5) is 39.5. The summed E-state index contributed by atoms with van der Waals surface area (Å²) in [5, 5.41) is 3.10. The highest BCUT2D eigenvalue weighted by atomic mass is 16.5. The Bertz CT molecular complexity index is 1450. The van der Waals surface area contributed by atoms with Crippen LogP contribution in [0.5, 0.6) is 11.5 Å². The predicted octanol–water partition coefficient (Wildman–Crippen LogP) is 3.12. The van der Waals surface area contributed by atoms with Gasteiger partial charge in [-0.25, -0.2) is 9.36 Å². The molecule has 4 aromatic rings. The zero-order chi connectivity index (χ0) is 23.5. The van der Waals surface area contributed by atoms with Crippen molar-refractivity contribution in [2.24, 2.45) is 0 Å². The third-order valence-electron chi connectivity index (χ3n) is 5.33. The Morgan fingerprint density at radius 3 is 2.36 bits per heavy atom. The predicted molar refractivity (Wildman–Crippen MR) is 127 cm³/mol. The van der Waals surface area contributed by atoms with Gasteiger partial charge in [0.05, 0.1) is 36.5 Å². The van der Waals surface area contributed by atoms with E-state index in [0.29, 0.717) is 33.8 Å². The van der Waals surface area contributed by atoms with Crippen molar-refractivity contribution in [1.29, 1.82) is 0 Å². The Hall–Kier alpha value is -4.33. The molecule has 0 radical (unpaired) electrons. The second kappa shape index (κ2) is 9.04. The van der Waals surface area contributed by atoms with Gasteiger partial charge in [-0.05, 0) is 43.3 Å². The van der Waals surface area contributed by atoms with Crippen LogP contribution in [-0.4, -0.2) is 29.3 Å². The van der Waals surface area contributed by atoms with Gasteiger partial charge >= 0.3 is 5.69 Å². The van der Waals surface area contributed by atoms with Crippen LogP contribution in [-0.2, 0) is 11.3 Å². The first-order chi connectivity index (χ1) is 15.9. The van der Waals surface area contributed by atoms with Crippen molar-refractivity contribution in [1.82, 2.24) is 9.13 Å². The highest BCUT2D eigenvalue weighted by Gasteiger charge is 2.17. The first kappa shape index (κ1) is 21.9. The second-order valence-electron chi connectivity index (χ2n) is 7.48. The zero-order valence-electron chi connectivity index (χ0n) is 18.5. The van der Waals surface area contributed by atoms with Crippen LogP contribution in [0.1, 0.15) is 5.56 Å². The number of fused-ring (bicyclic) bond motifs is 1. The van der Waals surface area contributed by atoms with E-state index in [-0.39, 0.29) is 6.54 Å². The minimum absolute atomic E-state index is 0.300. The largest absolute Gasteiger partial charge is 0.497 e. The standard InChI is InChI=1S/C25H23N3O5/c1-16-8-10-17(11-9-16)28-24(30)19-6-4-5-7-21(19)27(25(28)31)15-23(29)26-20-14-18(32-2)12-13-22(20)33-3/h4-14H,15H2,1-3H3,(H,26,29). The molecule has 1 heterocycles. The molecule has 168 valence electrons. The summed E-state index contributed by atoms with van der Waals surface area (Å²) >= 11 is 0. The lowest BCUT2D eigenvalue weighted by Gasteiger charge is -2.15. The minimum atomic E-state index is -0.602. The number of carbonyl (C=O) groups excluding carboxylic acids is 1. The number of aryl methyl sites for hydroxylation is 1. The van der Waals surface area contributed by atoms with Gasteiger partial charge in [-0.15, -0.1) is 0 Å². The van der Waals surface area contributed by atoms with Gasteiger partial charge in [-0.1, -0.05) is 29.8 Å². The Balaban J connectivity index is 1.80. The van der Waals surface area contributed by atoms with Gasteiger partial charge in [0.25, 0.3) is 5.56 Å². The second-order valence-corrected chi connectivity index (χ2v) is 7.48. The van der Waals surface area contributed by atoms with Crippen molar-refractivity contribution in [2.45, 2.75) is 13.5 Å². The van der Waals surface area contributed by atoms with Crippen LogP contribution in [0, 0.1) is 6.92 Å². The van der Waals surface area contributed by atoms with Crippen molar-refractivity contribution in [2.75, 3.05) is 19.5 Å². The maximum Gasteiger partial charge on any atom is 0.336 e. The first-order valence-electron chi connectivity index (χ1n) is 10.3. The van der Waals surface area contributed by atoms with E-state index in [9.17, 15) is 14.4 Å². The number of nitrogens with one attached hydrogen (secondary N) is 1. The fourth-order valence-electron chi connectivity index (χ4n) is 3.64. The maximum absolute atomic E-state index is 13.4. The Morgan fingerprint density at radius 2 is 1.67 bits per heavy atom. The van der Waals surface area contributed by atoms with Crippen LogP contribution < -0.4 is 26.0 Å². The third kappa shape index (κ3) is 4.23. The van der Waals surface area contributed by atoms with Crippen LogP contribution in [0.2, 0.25) is 0 Å². The molecule has 0 atom stereocenters. The Kier molecular flexibility index (Phi) is 5.99. The molecule has 3 aromatic carbocycles. The molecular weight excluding hydrogens is 422 g/mol. The fourth-order valence-corrected chi connectivity index (χ4v) is 3.64. The molecule has 8 nitrogen and oxygen atoms in total. The van der Waals surface area contributed by atoms with Crippen molar-refractivity contribution < 1.29 is 14.3 Å². The van der Waals surface area contributed by atoms with Gasteiger partial charge in [0.15, 0.2) is 0 Å². The fraction of sp³-hybridized carbons (Fsp3) is 0.160. The van der Waals surface area contributed by atoms with E-state index >= 15 is 0 Å². The molecule has 1 amide bonds. The molecule has 0 aliphatic heterocycles. The minimum Gasteiger partial charge on any atom is -0.497 e. The number of anilines is 1. The number of nitrogens with zero attached hydrogens (tertiary/aromatic N) is 2. The number of benzene rings is 3. The van der Waals surface area contributed by atoms with E-state index in [4.69, 9.17) is 9.47 Å². The summed E-state index contributed by atoms with van der Waals surface area (Å²) in [7, 11) is 3.01. The molecule has 0 saturated heterocycles. The van der Waals surface area contributed by atoms with Gasteiger partial charge in [0.1, 0.15) is 18.0 Å². The number of amides is 1. The van der Waals surface area contributed by atoms with E-state index in [2.05, 4.69) is 5.32 Å². The molecule has 0 saturated carbocycles. The van der Waals surface area contributed by atoms with E-state index < -0.39 is 17.2 Å². The zero-order valence-corrected chi connectivity index (χ0v) is 18.5. The quantitative estimate of drug-likeness (QED) is 0.492. The van der Waals surface area contributed by atoms with Crippen molar-refractivity contribution >= 4 is 22.5 Å². The molecule has 0 spiro atoms. The molecular formula is C25H23N3O5. The average molecular weight is 445 g/mol. The molecule has 0 unspecified atom stereocenters. The highest BCUT2D eigenvalue weighted by Crippen LogP contribution is 2.28. The lowest BCUT2D eigenvalue weighted by atomic mass is 10.2. The SMILES string of the molecule is COc1ccc(OC)c(NC(=O)Cn2c(=O)n(-c3ccc(C)cc3)c(=O)c3ccccc32)c1. The average Bonchev–Trinajstić information content (AvgIpc) is 2.83. The number of para-hydroxylation sites is 1. The molecule has 1 aromatic heterocycles. The van der Waals surface area contributed by atoms with Crippen molar-refractivity contribution in [3.63, 3.8) is 0 Å².